The van der Waals surface area contributed by atoms with Crippen molar-refractivity contribution in [3.8, 4) is 6.07 Å². The van der Waals surface area contributed by atoms with Gasteiger partial charge in [0.05, 0.1) is 17.0 Å². The van der Waals surface area contributed by atoms with E-state index in [-0.39, 0.29) is 17.8 Å². The van der Waals surface area contributed by atoms with E-state index in [0.717, 1.165) is 0 Å². The van der Waals surface area contributed by atoms with Crippen LogP contribution < -0.4 is 5.73 Å². The number of alkyl halides is 2. The summed E-state index contributed by atoms with van der Waals surface area (Å²) in [5, 5.41) is 8.42. The molecule has 0 atom stereocenters. The molecule has 0 radical (unpaired) electrons. The fraction of sp³-hybridized carbons (Fsp3) is 0.250. The maximum Gasteiger partial charge on any atom is 0.280 e. The molecule has 14 heavy (non-hydrogen) atoms. The number of nitrogen functional groups attached to an aromatic ring is 1. The van der Waals surface area contributed by atoms with E-state index < -0.39 is 12.1 Å². The lowest BCUT2D eigenvalue weighted by molar-refractivity contribution is 0.145. The minimum atomic E-state index is -2.71. The van der Waals surface area contributed by atoms with Crippen LogP contribution in [0, 0.1) is 11.3 Å². The molecule has 0 unspecified atom stereocenters. The highest BCUT2D eigenvalue weighted by Gasteiger charge is 2.16. The van der Waals surface area contributed by atoms with Gasteiger partial charge in [-0.3, -0.25) is 0 Å². The quantitative estimate of drug-likeness (QED) is 0.890. The summed E-state index contributed by atoms with van der Waals surface area (Å²) in [4.78, 5) is 3.52. The van der Waals surface area contributed by atoms with Gasteiger partial charge in [-0.05, 0) is 27.6 Å². The average Bonchev–Trinajstić information content (AvgIpc) is 2.11. The summed E-state index contributed by atoms with van der Waals surface area (Å²) in [5.41, 5.74) is 5.12. The van der Waals surface area contributed by atoms with Gasteiger partial charge in [-0.2, -0.15) is 5.26 Å². The molecule has 0 aliphatic heterocycles. The SMILES string of the molecule is N#CCc1cc(Br)c(N)nc1C(F)F. The topological polar surface area (TPSA) is 62.7 Å². The fourth-order valence-electron chi connectivity index (χ4n) is 0.972. The number of halogens is 3. The molecular formula is C8H6BrF2N3. The Morgan fingerprint density at radius 1 is 1.64 bits per heavy atom. The monoisotopic (exact) mass is 261 g/mol. The lowest BCUT2D eigenvalue weighted by atomic mass is 10.1. The number of nitriles is 1. The zero-order chi connectivity index (χ0) is 10.7. The van der Waals surface area contributed by atoms with Gasteiger partial charge < -0.3 is 5.73 Å². The van der Waals surface area contributed by atoms with E-state index in [0.29, 0.717) is 4.47 Å². The van der Waals surface area contributed by atoms with Gasteiger partial charge in [0.1, 0.15) is 11.5 Å². The van der Waals surface area contributed by atoms with Gasteiger partial charge in [0.2, 0.25) is 0 Å². The Labute approximate surface area is 87.7 Å². The Morgan fingerprint density at radius 3 is 2.79 bits per heavy atom. The van der Waals surface area contributed by atoms with Crippen LogP contribution in [0.2, 0.25) is 0 Å². The maximum atomic E-state index is 12.4. The number of anilines is 1. The van der Waals surface area contributed by atoms with Crippen LogP contribution in [-0.4, -0.2) is 4.98 Å². The first-order valence-corrected chi connectivity index (χ1v) is 4.45. The lowest BCUT2D eigenvalue weighted by Crippen LogP contribution is -2.02. The second kappa shape index (κ2) is 4.33. The molecule has 74 valence electrons. The van der Waals surface area contributed by atoms with E-state index in [1.54, 1.807) is 6.07 Å². The van der Waals surface area contributed by atoms with Gasteiger partial charge in [0.25, 0.3) is 6.43 Å². The van der Waals surface area contributed by atoms with Crippen molar-refractivity contribution in [1.82, 2.24) is 4.98 Å². The van der Waals surface area contributed by atoms with E-state index in [4.69, 9.17) is 11.0 Å². The zero-order valence-corrected chi connectivity index (χ0v) is 8.55. The van der Waals surface area contributed by atoms with Crippen LogP contribution in [0.1, 0.15) is 17.7 Å². The molecule has 2 N–H and O–H groups in total. The minimum Gasteiger partial charge on any atom is -0.383 e. The molecule has 0 saturated heterocycles. The van der Waals surface area contributed by atoms with Crippen molar-refractivity contribution in [2.75, 3.05) is 5.73 Å². The van der Waals surface area contributed by atoms with Gasteiger partial charge in [-0.1, -0.05) is 0 Å². The number of rotatable bonds is 2. The van der Waals surface area contributed by atoms with Crippen LogP contribution in [0.15, 0.2) is 10.5 Å². The van der Waals surface area contributed by atoms with Crippen LogP contribution >= 0.6 is 15.9 Å². The number of pyridine rings is 1. The predicted octanol–water partition coefficient (Wildman–Crippen LogP) is 2.43. The molecule has 0 fully saturated rings. The Kier molecular flexibility index (Phi) is 3.36. The van der Waals surface area contributed by atoms with Gasteiger partial charge in [0.15, 0.2) is 0 Å². The van der Waals surface area contributed by atoms with Crippen LogP contribution in [-0.2, 0) is 6.42 Å². The third-order valence-corrected chi connectivity index (χ3v) is 2.23. The standard InChI is InChI=1S/C8H6BrF2N3/c9-5-3-4(1-2-12)6(7(10)11)14-8(5)13/h3,7H,1H2,(H2,13,14). The van der Waals surface area contributed by atoms with Gasteiger partial charge in [0, 0.05) is 0 Å². The number of nitrogens with zero attached hydrogens (tertiary/aromatic N) is 2. The first-order valence-electron chi connectivity index (χ1n) is 3.66. The van der Waals surface area contributed by atoms with E-state index in [1.807, 2.05) is 0 Å². The summed E-state index contributed by atoms with van der Waals surface area (Å²) in [5.74, 6) is 0.00184. The van der Waals surface area contributed by atoms with Crippen LogP contribution in [0.25, 0.3) is 0 Å². The molecule has 0 spiro atoms. The van der Waals surface area contributed by atoms with Gasteiger partial charge in [-0.25, -0.2) is 13.8 Å². The molecule has 1 heterocycles. The van der Waals surface area contributed by atoms with Crippen molar-refractivity contribution in [1.29, 1.82) is 5.26 Å². The summed E-state index contributed by atoms with van der Waals surface area (Å²) in [7, 11) is 0. The van der Waals surface area contributed by atoms with Crippen molar-refractivity contribution in [2.45, 2.75) is 12.8 Å². The highest BCUT2D eigenvalue weighted by Crippen LogP contribution is 2.27. The second-order valence-electron chi connectivity index (χ2n) is 2.54. The average molecular weight is 262 g/mol. The van der Waals surface area contributed by atoms with E-state index in [1.165, 1.54) is 6.07 Å². The Balaban J connectivity index is 3.25. The van der Waals surface area contributed by atoms with Crippen molar-refractivity contribution < 1.29 is 8.78 Å². The lowest BCUT2D eigenvalue weighted by Gasteiger charge is -2.07. The van der Waals surface area contributed by atoms with E-state index in [9.17, 15) is 8.78 Å². The molecule has 0 bridgehead atoms. The summed E-state index contributed by atoms with van der Waals surface area (Å²) in [6, 6.07) is 3.19. The molecule has 3 nitrogen and oxygen atoms in total. The van der Waals surface area contributed by atoms with E-state index in [2.05, 4.69) is 20.9 Å². The molecule has 0 aromatic carbocycles. The third-order valence-electron chi connectivity index (χ3n) is 1.59. The highest BCUT2D eigenvalue weighted by atomic mass is 79.9. The minimum absolute atomic E-state index is 0.00184. The summed E-state index contributed by atoms with van der Waals surface area (Å²) < 4.78 is 25.3. The molecule has 0 amide bonds. The zero-order valence-electron chi connectivity index (χ0n) is 6.97. The summed E-state index contributed by atoms with van der Waals surface area (Å²) in [6.45, 7) is 0. The number of aromatic nitrogens is 1. The van der Waals surface area contributed by atoms with E-state index >= 15 is 0 Å². The third kappa shape index (κ3) is 2.17. The molecular weight excluding hydrogens is 256 g/mol. The highest BCUT2D eigenvalue weighted by molar-refractivity contribution is 9.10. The molecule has 1 rings (SSSR count). The number of hydrogen-bond donors (Lipinski definition) is 1. The first-order chi connectivity index (χ1) is 6.56. The molecule has 0 aliphatic rings. The fourth-order valence-corrected chi connectivity index (χ4v) is 1.34. The Morgan fingerprint density at radius 2 is 2.29 bits per heavy atom. The van der Waals surface area contributed by atoms with Crippen LogP contribution in [0.5, 0.6) is 0 Å². The molecule has 0 saturated carbocycles. The van der Waals surface area contributed by atoms with Gasteiger partial charge >= 0.3 is 0 Å². The van der Waals surface area contributed by atoms with Crippen molar-refractivity contribution in [3.05, 3.63) is 21.8 Å². The number of hydrogen-bond acceptors (Lipinski definition) is 3. The normalized spacial score (nSPS) is 10.2. The van der Waals surface area contributed by atoms with Crippen LogP contribution in [0.4, 0.5) is 14.6 Å². The molecule has 1 aromatic rings. The Bertz CT molecular complexity index is 387. The number of nitrogens with two attached hydrogens (primary N) is 1. The predicted molar refractivity (Wildman–Crippen MR) is 50.6 cm³/mol. The maximum absolute atomic E-state index is 12.4. The van der Waals surface area contributed by atoms with Crippen molar-refractivity contribution in [2.24, 2.45) is 0 Å². The second-order valence-corrected chi connectivity index (χ2v) is 3.39. The summed E-state index contributed by atoms with van der Waals surface area (Å²) >= 11 is 3.06. The molecule has 6 heteroatoms. The smallest absolute Gasteiger partial charge is 0.280 e. The Hall–Kier alpha value is -1.22. The molecule has 1 aromatic heterocycles. The molecule has 0 aliphatic carbocycles. The first kappa shape index (κ1) is 10.9. The summed E-state index contributed by atoms with van der Waals surface area (Å²) in [6.07, 6.45) is -2.82. The van der Waals surface area contributed by atoms with Crippen LogP contribution in [0.3, 0.4) is 0 Å². The van der Waals surface area contributed by atoms with Crippen molar-refractivity contribution >= 4 is 21.7 Å². The van der Waals surface area contributed by atoms with Crippen molar-refractivity contribution in [3.63, 3.8) is 0 Å². The van der Waals surface area contributed by atoms with Gasteiger partial charge in [-0.15, -0.1) is 0 Å². The largest absolute Gasteiger partial charge is 0.383 e.